The monoisotopic (exact) mass is 271 g/mol. The molecular weight excluding hydrogens is 254 g/mol. The number of carbonyl (C=O) groups excluding carboxylic acids is 1. The van der Waals surface area contributed by atoms with Gasteiger partial charge in [0.2, 0.25) is 0 Å². The third-order valence-corrected chi connectivity index (χ3v) is 3.67. The highest BCUT2D eigenvalue weighted by Gasteiger charge is 2.24. The molecule has 0 saturated carbocycles. The lowest BCUT2D eigenvalue weighted by Gasteiger charge is -2.31. The number of para-hydroxylation sites is 1. The summed E-state index contributed by atoms with van der Waals surface area (Å²) in [5, 5.41) is 11.1. The van der Waals surface area contributed by atoms with E-state index in [-0.39, 0.29) is 5.91 Å². The molecule has 1 atom stereocenters. The Morgan fingerprint density at radius 2 is 2.20 bits per heavy atom. The first kappa shape index (κ1) is 12.8. The van der Waals surface area contributed by atoms with Crippen LogP contribution in [0.4, 0.5) is 0 Å². The number of hydrogen-bond donors (Lipinski definition) is 0. The Morgan fingerprint density at radius 1 is 1.35 bits per heavy atom. The average Bonchev–Trinajstić information content (AvgIpc) is 3.00. The first-order valence-electron chi connectivity index (χ1n) is 6.87. The second kappa shape index (κ2) is 5.40. The van der Waals surface area contributed by atoms with E-state index in [1.54, 1.807) is 0 Å². The van der Waals surface area contributed by atoms with E-state index in [4.69, 9.17) is 0 Å². The van der Waals surface area contributed by atoms with Crippen molar-refractivity contribution in [3.05, 3.63) is 36.2 Å². The molecule has 0 N–H and O–H groups in total. The van der Waals surface area contributed by atoms with Crippen molar-refractivity contribution in [3.63, 3.8) is 0 Å². The number of amides is 1. The van der Waals surface area contributed by atoms with Crippen molar-refractivity contribution in [2.75, 3.05) is 13.1 Å². The van der Waals surface area contributed by atoms with Crippen LogP contribution in [0.25, 0.3) is 5.69 Å². The van der Waals surface area contributed by atoms with E-state index in [0.29, 0.717) is 11.5 Å². The summed E-state index contributed by atoms with van der Waals surface area (Å²) in [6, 6.07) is 7.44. The van der Waals surface area contributed by atoms with Crippen molar-refractivity contribution >= 4 is 5.91 Å². The van der Waals surface area contributed by atoms with Gasteiger partial charge in [-0.2, -0.15) is 4.68 Å². The van der Waals surface area contributed by atoms with Gasteiger partial charge in [-0.3, -0.25) is 4.79 Å². The fourth-order valence-corrected chi connectivity index (χ4v) is 2.67. The van der Waals surface area contributed by atoms with E-state index in [1.165, 1.54) is 17.4 Å². The topological polar surface area (TPSA) is 63.9 Å². The molecule has 3 rings (SSSR count). The van der Waals surface area contributed by atoms with Crippen molar-refractivity contribution in [1.82, 2.24) is 25.1 Å². The van der Waals surface area contributed by atoms with Crippen LogP contribution >= 0.6 is 0 Å². The molecule has 2 heterocycles. The van der Waals surface area contributed by atoms with Crippen LogP contribution in [0.2, 0.25) is 0 Å². The SMILES string of the molecule is C[C@H]1CCCN(C(=O)c2ccccc2-n2cnnn2)C1. The second-order valence-corrected chi connectivity index (χ2v) is 5.27. The molecule has 1 aromatic heterocycles. The molecule has 6 nitrogen and oxygen atoms in total. The minimum absolute atomic E-state index is 0.0580. The van der Waals surface area contributed by atoms with Gasteiger partial charge in [0.05, 0.1) is 11.3 Å². The third-order valence-electron chi connectivity index (χ3n) is 3.67. The molecule has 1 fully saturated rings. The molecule has 1 aromatic carbocycles. The Balaban J connectivity index is 1.92. The molecule has 0 aliphatic carbocycles. The maximum atomic E-state index is 12.7. The van der Waals surface area contributed by atoms with Gasteiger partial charge in [-0.25, -0.2) is 0 Å². The zero-order valence-corrected chi connectivity index (χ0v) is 11.4. The zero-order valence-electron chi connectivity index (χ0n) is 11.4. The van der Waals surface area contributed by atoms with Crippen molar-refractivity contribution < 1.29 is 4.79 Å². The first-order chi connectivity index (χ1) is 9.75. The average molecular weight is 271 g/mol. The van der Waals surface area contributed by atoms with E-state index in [9.17, 15) is 4.79 Å². The Morgan fingerprint density at radius 3 is 2.95 bits per heavy atom. The predicted molar refractivity (Wildman–Crippen MR) is 73.5 cm³/mol. The van der Waals surface area contributed by atoms with Gasteiger partial charge in [0.25, 0.3) is 5.91 Å². The van der Waals surface area contributed by atoms with E-state index in [0.717, 1.165) is 25.2 Å². The summed E-state index contributed by atoms with van der Waals surface area (Å²) in [7, 11) is 0. The molecule has 2 aromatic rings. The summed E-state index contributed by atoms with van der Waals surface area (Å²) in [6.45, 7) is 3.84. The van der Waals surface area contributed by atoms with Crippen LogP contribution in [0.5, 0.6) is 0 Å². The maximum absolute atomic E-state index is 12.7. The molecule has 20 heavy (non-hydrogen) atoms. The molecule has 1 aliphatic rings. The Bertz CT molecular complexity index is 595. The lowest BCUT2D eigenvalue weighted by Crippen LogP contribution is -2.39. The van der Waals surface area contributed by atoms with Crippen molar-refractivity contribution in [3.8, 4) is 5.69 Å². The Hall–Kier alpha value is -2.24. The van der Waals surface area contributed by atoms with Crippen LogP contribution in [-0.4, -0.2) is 44.1 Å². The number of rotatable bonds is 2. The van der Waals surface area contributed by atoms with E-state index >= 15 is 0 Å². The van der Waals surface area contributed by atoms with Gasteiger partial charge in [0, 0.05) is 13.1 Å². The van der Waals surface area contributed by atoms with Crippen LogP contribution < -0.4 is 0 Å². The van der Waals surface area contributed by atoms with Crippen molar-refractivity contribution in [2.45, 2.75) is 19.8 Å². The number of hydrogen-bond acceptors (Lipinski definition) is 4. The third kappa shape index (κ3) is 2.41. The van der Waals surface area contributed by atoms with Crippen LogP contribution in [0.15, 0.2) is 30.6 Å². The largest absolute Gasteiger partial charge is 0.338 e. The normalized spacial score (nSPS) is 19.1. The van der Waals surface area contributed by atoms with Gasteiger partial charge in [-0.15, -0.1) is 5.10 Å². The summed E-state index contributed by atoms with van der Waals surface area (Å²) in [5.41, 5.74) is 1.37. The van der Waals surface area contributed by atoms with Gasteiger partial charge < -0.3 is 4.90 Å². The molecule has 1 aliphatic heterocycles. The molecule has 1 saturated heterocycles. The molecule has 0 unspecified atom stereocenters. The lowest BCUT2D eigenvalue weighted by atomic mass is 9.99. The molecule has 1 amide bonds. The van der Waals surface area contributed by atoms with Gasteiger partial charge in [-0.1, -0.05) is 19.1 Å². The number of piperidine rings is 1. The summed E-state index contributed by atoms with van der Waals surface area (Å²) in [4.78, 5) is 14.6. The summed E-state index contributed by atoms with van der Waals surface area (Å²) >= 11 is 0. The minimum Gasteiger partial charge on any atom is -0.338 e. The highest BCUT2D eigenvalue weighted by atomic mass is 16.2. The number of benzene rings is 1. The van der Waals surface area contributed by atoms with Gasteiger partial charge in [0.15, 0.2) is 0 Å². The Labute approximate surface area is 117 Å². The van der Waals surface area contributed by atoms with E-state index < -0.39 is 0 Å². The summed E-state index contributed by atoms with van der Waals surface area (Å²) < 4.78 is 1.53. The van der Waals surface area contributed by atoms with Gasteiger partial charge in [0.1, 0.15) is 6.33 Å². The van der Waals surface area contributed by atoms with Gasteiger partial charge in [-0.05, 0) is 41.3 Å². The van der Waals surface area contributed by atoms with Crippen LogP contribution in [0, 0.1) is 5.92 Å². The quantitative estimate of drug-likeness (QED) is 0.831. The molecule has 0 bridgehead atoms. The molecular formula is C14H17N5O. The van der Waals surface area contributed by atoms with E-state index in [1.807, 2.05) is 29.2 Å². The van der Waals surface area contributed by atoms with Crippen LogP contribution in [0.3, 0.4) is 0 Å². The first-order valence-corrected chi connectivity index (χ1v) is 6.87. The second-order valence-electron chi connectivity index (χ2n) is 5.27. The lowest BCUT2D eigenvalue weighted by molar-refractivity contribution is 0.0683. The molecule has 104 valence electrons. The fourth-order valence-electron chi connectivity index (χ4n) is 2.67. The zero-order chi connectivity index (χ0) is 13.9. The fraction of sp³-hybridized carbons (Fsp3) is 0.429. The highest BCUT2D eigenvalue weighted by molar-refractivity contribution is 5.97. The molecule has 0 radical (unpaired) electrons. The minimum atomic E-state index is 0.0580. The summed E-state index contributed by atoms with van der Waals surface area (Å²) in [6.07, 6.45) is 3.77. The molecule has 6 heteroatoms. The number of carbonyl (C=O) groups is 1. The number of aromatic nitrogens is 4. The standard InChI is InChI=1S/C14H17N5O/c1-11-5-4-8-18(9-11)14(20)12-6-2-3-7-13(12)19-10-15-16-17-19/h2-3,6-7,10-11H,4-5,8-9H2,1H3/t11-/m0/s1. The van der Waals surface area contributed by atoms with Crippen molar-refractivity contribution in [2.24, 2.45) is 5.92 Å². The van der Waals surface area contributed by atoms with Crippen LogP contribution in [0.1, 0.15) is 30.1 Å². The summed E-state index contributed by atoms with van der Waals surface area (Å²) in [5.74, 6) is 0.621. The van der Waals surface area contributed by atoms with Gasteiger partial charge >= 0.3 is 0 Å². The maximum Gasteiger partial charge on any atom is 0.256 e. The number of tetrazole rings is 1. The van der Waals surface area contributed by atoms with E-state index in [2.05, 4.69) is 22.4 Å². The smallest absolute Gasteiger partial charge is 0.256 e. The highest BCUT2D eigenvalue weighted by Crippen LogP contribution is 2.20. The molecule has 0 spiro atoms. The van der Waals surface area contributed by atoms with Crippen molar-refractivity contribution in [1.29, 1.82) is 0 Å². The van der Waals surface area contributed by atoms with Crippen LogP contribution in [-0.2, 0) is 0 Å². The predicted octanol–water partition coefficient (Wildman–Crippen LogP) is 1.53. The Kier molecular flexibility index (Phi) is 3.45. The number of nitrogens with zero attached hydrogens (tertiary/aromatic N) is 5. The number of likely N-dealkylation sites (tertiary alicyclic amines) is 1.